The minimum absolute atomic E-state index is 0.176. The number of benzene rings is 2. The summed E-state index contributed by atoms with van der Waals surface area (Å²) in [5, 5.41) is 7.10. The molecular weight excluding hydrogens is 274 g/mol. The van der Waals surface area contributed by atoms with Gasteiger partial charge in [-0.15, -0.1) is 0 Å². The highest BCUT2D eigenvalue weighted by Gasteiger charge is 2.02. The van der Waals surface area contributed by atoms with Crippen LogP contribution in [0.4, 0.5) is 5.69 Å². The van der Waals surface area contributed by atoms with Gasteiger partial charge in [0.05, 0.1) is 12.8 Å². The molecule has 0 heterocycles. The largest absolute Gasteiger partial charge is 0.376 e. The van der Waals surface area contributed by atoms with E-state index in [4.69, 9.17) is 0 Å². The minimum Gasteiger partial charge on any atom is -0.376 e. The predicted octanol–water partition coefficient (Wildman–Crippen LogP) is 3.17. The molecule has 4 nitrogen and oxygen atoms in total. The van der Waals surface area contributed by atoms with E-state index in [2.05, 4.69) is 21.9 Å². The van der Waals surface area contributed by atoms with E-state index in [1.54, 1.807) is 6.21 Å². The molecule has 0 aliphatic rings. The first-order valence-corrected chi connectivity index (χ1v) is 7.25. The number of hydrogen-bond acceptors (Lipinski definition) is 3. The van der Waals surface area contributed by atoms with Crippen LogP contribution in [0.25, 0.3) is 0 Å². The maximum Gasteiger partial charge on any atom is 0.259 e. The van der Waals surface area contributed by atoms with Crippen LogP contribution < -0.4 is 10.7 Å². The molecule has 0 aliphatic heterocycles. The molecule has 2 N–H and O–H groups in total. The SMILES string of the molecule is Cc1ccc(NCC(=O)N/N=C/c2ccccc2C)c(C)c1. The lowest BCUT2D eigenvalue weighted by Gasteiger charge is -2.09. The highest BCUT2D eigenvalue weighted by molar-refractivity contribution is 5.85. The summed E-state index contributed by atoms with van der Waals surface area (Å²) in [4.78, 5) is 11.8. The fourth-order valence-corrected chi connectivity index (χ4v) is 2.13. The molecule has 0 radical (unpaired) electrons. The maximum absolute atomic E-state index is 11.8. The van der Waals surface area contributed by atoms with Crippen LogP contribution >= 0.6 is 0 Å². The third-order valence-electron chi connectivity index (χ3n) is 3.40. The number of carbonyl (C=O) groups excluding carboxylic acids is 1. The van der Waals surface area contributed by atoms with Crippen LogP contribution in [0, 0.1) is 20.8 Å². The standard InChI is InChI=1S/C18H21N3O/c1-13-8-9-17(15(3)10-13)19-12-18(22)21-20-11-16-7-5-4-6-14(16)2/h4-11,19H,12H2,1-3H3,(H,21,22)/b20-11+. The maximum atomic E-state index is 11.8. The van der Waals surface area contributed by atoms with Crippen LogP contribution in [-0.2, 0) is 4.79 Å². The van der Waals surface area contributed by atoms with E-state index >= 15 is 0 Å². The van der Waals surface area contributed by atoms with Gasteiger partial charge in [0.15, 0.2) is 0 Å². The number of hydrazone groups is 1. The third-order valence-corrected chi connectivity index (χ3v) is 3.40. The summed E-state index contributed by atoms with van der Waals surface area (Å²) in [5.41, 5.74) is 7.92. The number of nitrogens with zero attached hydrogens (tertiary/aromatic N) is 1. The lowest BCUT2D eigenvalue weighted by Crippen LogP contribution is -2.26. The van der Waals surface area contributed by atoms with Crippen LogP contribution in [0.15, 0.2) is 47.6 Å². The topological polar surface area (TPSA) is 53.5 Å². The molecule has 1 amide bonds. The number of amides is 1. The van der Waals surface area contributed by atoms with Gasteiger partial charge in [-0.3, -0.25) is 4.79 Å². The van der Waals surface area contributed by atoms with Crippen LogP contribution in [-0.4, -0.2) is 18.7 Å². The van der Waals surface area contributed by atoms with Gasteiger partial charge in [0.25, 0.3) is 5.91 Å². The zero-order valence-electron chi connectivity index (χ0n) is 13.2. The first-order chi connectivity index (χ1) is 10.6. The van der Waals surface area contributed by atoms with Crippen molar-refractivity contribution in [2.75, 3.05) is 11.9 Å². The Morgan fingerprint density at radius 2 is 1.86 bits per heavy atom. The minimum atomic E-state index is -0.176. The number of aryl methyl sites for hydroxylation is 3. The van der Waals surface area contributed by atoms with Gasteiger partial charge in [0.1, 0.15) is 0 Å². The molecule has 0 aromatic heterocycles. The van der Waals surface area contributed by atoms with Gasteiger partial charge in [-0.05, 0) is 43.5 Å². The first kappa shape index (κ1) is 15.8. The number of anilines is 1. The molecule has 0 aliphatic carbocycles. The van der Waals surface area contributed by atoms with Gasteiger partial charge in [-0.2, -0.15) is 5.10 Å². The summed E-state index contributed by atoms with van der Waals surface area (Å²) in [6, 6.07) is 14.0. The zero-order valence-corrected chi connectivity index (χ0v) is 13.2. The number of carbonyl (C=O) groups is 1. The first-order valence-electron chi connectivity index (χ1n) is 7.25. The van der Waals surface area contributed by atoms with Crippen molar-refractivity contribution >= 4 is 17.8 Å². The van der Waals surface area contributed by atoms with Crippen LogP contribution in [0.1, 0.15) is 22.3 Å². The molecule has 0 unspecified atom stereocenters. The molecule has 22 heavy (non-hydrogen) atoms. The number of hydrogen-bond donors (Lipinski definition) is 2. The summed E-state index contributed by atoms with van der Waals surface area (Å²) in [6.07, 6.45) is 1.66. The Hall–Kier alpha value is -2.62. The second-order valence-corrected chi connectivity index (χ2v) is 5.32. The Bertz CT molecular complexity index is 692. The molecule has 4 heteroatoms. The molecular formula is C18H21N3O. The average molecular weight is 295 g/mol. The fraction of sp³-hybridized carbons (Fsp3) is 0.222. The van der Waals surface area contributed by atoms with E-state index in [9.17, 15) is 4.79 Å². The lowest BCUT2D eigenvalue weighted by atomic mass is 10.1. The smallest absolute Gasteiger partial charge is 0.259 e. The van der Waals surface area contributed by atoms with Crippen molar-refractivity contribution < 1.29 is 4.79 Å². The van der Waals surface area contributed by atoms with Gasteiger partial charge >= 0.3 is 0 Å². The second-order valence-electron chi connectivity index (χ2n) is 5.32. The average Bonchev–Trinajstić information content (AvgIpc) is 2.48. The van der Waals surface area contributed by atoms with Crippen molar-refractivity contribution in [1.29, 1.82) is 0 Å². The summed E-state index contributed by atoms with van der Waals surface area (Å²) in [5.74, 6) is -0.176. The molecule has 2 aromatic carbocycles. The molecule has 2 rings (SSSR count). The van der Waals surface area contributed by atoms with E-state index in [1.165, 1.54) is 5.56 Å². The summed E-state index contributed by atoms with van der Waals surface area (Å²) >= 11 is 0. The van der Waals surface area contributed by atoms with E-state index in [0.717, 1.165) is 22.4 Å². The fourth-order valence-electron chi connectivity index (χ4n) is 2.13. The van der Waals surface area contributed by atoms with E-state index in [0.29, 0.717) is 0 Å². The van der Waals surface area contributed by atoms with Crippen LogP contribution in [0.2, 0.25) is 0 Å². The molecule has 0 fully saturated rings. The van der Waals surface area contributed by atoms with Crippen molar-refractivity contribution in [2.24, 2.45) is 5.10 Å². The van der Waals surface area contributed by atoms with Gasteiger partial charge in [-0.1, -0.05) is 42.0 Å². The van der Waals surface area contributed by atoms with E-state index < -0.39 is 0 Å². The Labute approximate surface area is 131 Å². The highest BCUT2D eigenvalue weighted by atomic mass is 16.2. The van der Waals surface area contributed by atoms with Crippen LogP contribution in [0.5, 0.6) is 0 Å². The van der Waals surface area contributed by atoms with Crippen molar-refractivity contribution in [3.05, 3.63) is 64.7 Å². The predicted molar refractivity (Wildman–Crippen MR) is 91.3 cm³/mol. The Balaban J connectivity index is 1.84. The molecule has 0 saturated heterocycles. The third kappa shape index (κ3) is 4.45. The number of rotatable bonds is 5. The molecule has 0 bridgehead atoms. The Kier molecular flexibility index (Phi) is 5.31. The van der Waals surface area contributed by atoms with Crippen molar-refractivity contribution in [3.8, 4) is 0 Å². The molecule has 0 atom stereocenters. The summed E-state index contributed by atoms with van der Waals surface area (Å²) in [7, 11) is 0. The Morgan fingerprint density at radius 1 is 1.09 bits per heavy atom. The monoisotopic (exact) mass is 295 g/mol. The quantitative estimate of drug-likeness (QED) is 0.657. The van der Waals surface area contributed by atoms with E-state index in [-0.39, 0.29) is 12.5 Å². The highest BCUT2D eigenvalue weighted by Crippen LogP contribution is 2.15. The normalized spacial score (nSPS) is 10.7. The van der Waals surface area contributed by atoms with E-state index in [1.807, 2.05) is 57.2 Å². The Morgan fingerprint density at radius 3 is 2.59 bits per heavy atom. The van der Waals surface area contributed by atoms with Crippen molar-refractivity contribution in [3.63, 3.8) is 0 Å². The lowest BCUT2D eigenvalue weighted by molar-refractivity contribution is -0.119. The number of nitrogens with one attached hydrogen (secondary N) is 2. The summed E-state index contributed by atoms with van der Waals surface area (Å²) < 4.78 is 0. The second kappa shape index (κ2) is 7.41. The zero-order chi connectivity index (χ0) is 15.9. The van der Waals surface area contributed by atoms with Crippen LogP contribution in [0.3, 0.4) is 0 Å². The molecule has 114 valence electrons. The van der Waals surface area contributed by atoms with Gasteiger partial charge < -0.3 is 5.32 Å². The van der Waals surface area contributed by atoms with Crippen molar-refractivity contribution in [1.82, 2.24) is 5.43 Å². The van der Waals surface area contributed by atoms with Gasteiger partial charge in [0, 0.05) is 5.69 Å². The van der Waals surface area contributed by atoms with Gasteiger partial charge in [0.2, 0.25) is 0 Å². The molecule has 2 aromatic rings. The summed E-state index contributed by atoms with van der Waals surface area (Å²) in [6.45, 7) is 6.26. The molecule has 0 spiro atoms. The molecule has 0 saturated carbocycles. The van der Waals surface area contributed by atoms with Gasteiger partial charge in [-0.25, -0.2) is 5.43 Å². The van der Waals surface area contributed by atoms with Crippen molar-refractivity contribution in [2.45, 2.75) is 20.8 Å².